The van der Waals surface area contributed by atoms with Crippen LogP contribution in [0, 0.1) is 0 Å². The van der Waals surface area contributed by atoms with Crippen molar-refractivity contribution in [2.24, 2.45) is 0 Å². The van der Waals surface area contributed by atoms with Gasteiger partial charge < -0.3 is 20.5 Å². The van der Waals surface area contributed by atoms with Gasteiger partial charge in [-0.2, -0.15) is 0 Å². The quantitative estimate of drug-likeness (QED) is 0.686. The molecule has 0 aliphatic rings. The summed E-state index contributed by atoms with van der Waals surface area (Å²) in [6, 6.07) is 13.9. The van der Waals surface area contributed by atoms with E-state index in [1.165, 1.54) is 0 Å². The fourth-order valence-electron chi connectivity index (χ4n) is 2.80. The van der Waals surface area contributed by atoms with Gasteiger partial charge in [0.2, 0.25) is 5.91 Å². The topological polar surface area (TPSA) is 87.7 Å². The maximum atomic E-state index is 12.6. The van der Waals surface area contributed by atoms with Crippen LogP contribution in [0.5, 0.6) is 5.75 Å². The first kappa shape index (κ1) is 22.3. The Labute approximate surface area is 172 Å². The fraction of sp³-hybridized carbons (Fsp3) is 0.391. The fourth-order valence-corrected chi connectivity index (χ4v) is 2.80. The van der Waals surface area contributed by atoms with Crippen LogP contribution >= 0.6 is 0 Å². The van der Waals surface area contributed by atoms with E-state index in [1.807, 2.05) is 44.2 Å². The number of nitrogens with one attached hydrogen (secondary N) is 2. The highest BCUT2D eigenvalue weighted by Gasteiger charge is 2.25. The molecule has 0 spiro atoms. The summed E-state index contributed by atoms with van der Waals surface area (Å²) in [6.07, 6.45) is -0.296. The molecular weight excluding hydrogens is 368 g/mol. The molecule has 6 nitrogen and oxygen atoms in total. The van der Waals surface area contributed by atoms with Gasteiger partial charge in [0.25, 0.3) is 0 Å². The summed E-state index contributed by atoms with van der Waals surface area (Å²) in [5.74, 6) is -0.0542. The van der Waals surface area contributed by atoms with Gasteiger partial charge in [-0.3, -0.25) is 4.79 Å². The molecule has 1 unspecified atom stereocenters. The van der Waals surface area contributed by atoms with Crippen molar-refractivity contribution in [3.63, 3.8) is 0 Å². The summed E-state index contributed by atoms with van der Waals surface area (Å²) < 4.78 is 5.30. The van der Waals surface area contributed by atoms with E-state index in [1.54, 1.807) is 39.0 Å². The van der Waals surface area contributed by atoms with Crippen molar-refractivity contribution in [1.82, 2.24) is 10.6 Å². The van der Waals surface area contributed by atoms with E-state index in [-0.39, 0.29) is 17.7 Å². The lowest BCUT2D eigenvalue weighted by Gasteiger charge is -2.24. The number of phenols is 1. The predicted octanol–water partition coefficient (Wildman–Crippen LogP) is 4.02. The molecule has 2 aromatic carbocycles. The van der Waals surface area contributed by atoms with Gasteiger partial charge in [0.1, 0.15) is 17.4 Å². The zero-order chi connectivity index (χ0) is 21.6. The van der Waals surface area contributed by atoms with Gasteiger partial charge in [-0.05, 0) is 63.4 Å². The second-order valence-corrected chi connectivity index (χ2v) is 8.31. The van der Waals surface area contributed by atoms with E-state index >= 15 is 0 Å². The minimum atomic E-state index is -0.751. The molecule has 2 aromatic rings. The number of amides is 2. The van der Waals surface area contributed by atoms with Crippen molar-refractivity contribution < 1.29 is 19.4 Å². The van der Waals surface area contributed by atoms with E-state index < -0.39 is 17.7 Å². The van der Waals surface area contributed by atoms with E-state index in [9.17, 15) is 14.7 Å². The molecule has 0 aliphatic carbocycles. The number of hydrogen-bond acceptors (Lipinski definition) is 4. The van der Waals surface area contributed by atoms with Crippen LogP contribution in [-0.2, 0) is 16.0 Å². The molecule has 0 fully saturated rings. The summed E-state index contributed by atoms with van der Waals surface area (Å²) in [5, 5.41) is 15.2. The molecule has 0 radical (unpaired) electrons. The highest BCUT2D eigenvalue weighted by Crippen LogP contribution is 2.23. The number of aromatic hydroxyl groups is 1. The van der Waals surface area contributed by atoms with Gasteiger partial charge in [0.15, 0.2) is 0 Å². The van der Waals surface area contributed by atoms with Crippen LogP contribution in [0.3, 0.4) is 0 Å². The van der Waals surface area contributed by atoms with Crippen molar-refractivity contribution in [2.75, 3.05) is 0 Å². The molecule has 0 aromatic heterocycles. The highest BCUT2D eigenvalue weighted by molar-refractivity contribution is 5.86. The molecule has 0 aliphatic heterocycles. The van der Waals surface area contributed by atoms with Crippen LogP contribution in [0.15, 0.2) is 48.5 Å². The van der Waals surface area contributed by atoms with E-state index in [2.05, 4.69) is 10.6 Å². The average molecular weight is 399 g/mol. The lowest BCUT2D eigenvalue weighted by molar-refractivity contribution is -0.123. The third kappa shape index (κ3) is 7.49. The molecule has 2 amide bonds. The molecule has 29 heavy (non-hydrogen) atoms. The highest BCUT2D eigenvalue weighted by atomic mass is 16.6. The molecule has 0 saturated carbocycles. The number of hydrogen-bond donors (Lipinski definition) is 3. The molecule has 0 saturated heterocycles. The molecule has 2 rings (SSSR count). The Kier molecular flexibility index (Phi) is 7.26. The summed E-state index contributed by atoms with van der Waals surface area (Å²) in [5.41, 5.74) is 2.10. The van der Waals surface area contributed by atoms with Crippen LogP contribution in [0.4, 0.5) is 4.79 Å². The summed E-state index contributed by atoms with van der Waals surface area (Å²) in [6.45, 7) is 9.06. The van der Waals surface area contributed by atoms with Crippen LogP contribution in [0.2, 0.25) is 0 Å². The Morgan fingerprint density at radius 2 is 1.66 bits per heavy atom. The Hall–Kier alpha value is -3.02. The van der Waals surface area contributed by atoms with Gasteiger partial charge in [-0.1, -0.05) is 36.4 Å². The Morgan fingerprint density at radius 3 is 2.21 bits per heavy atom. The number of carbonyl (C=O) groups excluding carboxylic acids is 2. The van der Waals surface area contributed by atoms with Gasteiger partial charge in [-0.25, -0.2) is 4.79 Å². The maximum absolute atomic E-state index is 12.6. The van der Waals surface area contributed by atoms with E-state index in [0.717, 1.165) is 16.7 Å². The second kappa shape index (κ2) is 9.45. The van der Waals surface area contributed by atoms with Crippen molar-refractivity contribution in [2.45, 2.75) is 58.7 Å². The number of phenolic OH excluding ortho intramolecular Hbond substituents is 1. The first-order valence-corrected chi connectivity index (χ1v) is 9.72. The zero-order valence-corrected chi connectivity index (χ0v) is 17.7. The minimum absolute atomic E-state index is 0.0430. The SMILES string of the molecule is CC(C)NC(=O)C(Cc1ccc(-c2cccc(O)c2)cc1)NC(=O)OC(C)(C)C. The summed E-state index contributed by atoms with van der Waals surface area (Å²) >= 11 is 0. The first-order chi connectivity index (χ1) is 13.5. The zero-order valence-electron chi connectivity index (χ0n) is 17.7. The van der Waals surface area contributed by atoms with Crippen molar-refractivity contribution in [3.8, 4) is 16.9 Å². The van der Waals surface area contributed by atoms with Gasteiger partial charge in [0.05, 0.1) is 0 Å². The third-order valence-corrected chi connectivity index (χ3v) is 4.01. The largest absolute Gasteiger partial charge is 0.508 e. The molecule has 156 valence electrons. The number of benzene rings is 2. The van der Waals surface area contributed by atoms with Gasteiger partial charge in [-0.15, -0.1) is 0 Å². The molecule has 0 bridgehead atoms. The van der Waals surface area contributed by atoms with Crippen LogP contribution in [0.25, 0.3) is 11.1 Å². The van der Waals surface area contributed by atoms with Crippen molar-refractivity contribution in [1.29, 1.82) is 0 Å². The van der Waals surface area contributed by atoms with Crippen LogP contribution < -0.4 is 10.6 Å². The summed E-state index contributed by atoms with van der Waals surface area (Å²) in [7, 11) is 0. The number of carbonyl (C=O) groups is 2. The number of alkyl carbamates (subject to hydrolysis) is 1. The molecular formula is C23H30N2O4. The number of ether oxygens (including phenoxy) is 1. The standard InChI is InChI=1S/C23H30N2O4/c1-15(2)24-21(27)20(25-22(28)29-23(3,4)5)13-16-9-11-17(12-10-16)18-7-6-8-19(26)14-18/h6-12,14-15,20,26H,13H2,1-5H3,(H,24,27)(H,25,28). The Balaban J connectivity index is 2.14. The Morgan fingerprint density at radius 1 is 1.00 bits per heavy atom. The number of rotatable bonds is 6. The van der Waals surface area contributed by atoms with Crippen LogP contribution in [0.1, 0.15) is 40.2 Å². The van der Waals surface area contributed by atoms with E-state index in [4.69, 9.17) is 4.74 Å². The Bertz CT molecular complexity index is 839. The maximum Gasteiger partial charge on any atom is 0.408 e. The van der Waals surface area contributed by atoms with Crippen molar-refractivity contribution >= 4 is 12.0 Å². The lowest BCUT2D eigenvalue weighted by Crippen LogP contribution is -2.50. The van der Waals surface area contributed by atoms with Gasteiger partial charge in [0, 0.05) is 12.5 Å². The third-order valence-electron chi connectivity index (χ3n) is 4.01. The van der Waals surface area contributed by atoms with Gasteiger partial charge >= 0.3 is 6.09 Å². The van der Waals surface area contributed by atoms with Crippen molar-refractivity contribution in [3.05, 3.63) is 54.1 Å². The van der Waals surface area contributed by atoms with Crippen LogP contribution in [-0.4, -0.2) is 34.8 Å². The first-order valence-electron chi connectivity index (χ1n) is 9.72. The van der Waals surface area contributed by atoms with E-state index in [0.29, 0.717) is 6.42 Å². The monoisotopic (exact) mass is 398 g/mol. The minimum Gasteiger partial charge on any atom is -0.508 e. The molecule has 1 atom stereocenters. The lowest BCUT2D eigenvalue weighted by atomic mass is 10.00. The second-order valence-electron chi connectivity index (χ2n) is 8.31. The molecule has 3 N–H and O–H groups in total. The molecule has 0 heterocycles. The average Bonchev–Trinajstić information content (AvgIpc) is 2.59. The summed E-state index contributed by atoms with van der Waals surface area (Å²) in [4.78, 5) is 24.8. The molecule has 6 heteroatoms. The predicted molar refractivity (Wildman–Crippen MR) is 114 cm³/mol. The smallest absolute Gasteiger partial charge is 0.408 e. The normalized spacial score (nSPS) is 12.3.